The van der Waals surface area contributed by atoms with Gasteiger partial charge < -0.3 is 4.74 Å². The predicted octanol–water partition coefficient (Wildman–Crippen LogP) is 1.87. The molecule has 0 aromatic heterocycles. The van der Waals surface area contributed by atoms with Crippen LogP contribution in [0.1, 0.15) is 11.1 Å². The van der Waals surface area contributed by atoms with Crippen molar-refractivity contribution in [3.05, 3.63) is 35.1 Å². The number of halogens is 1. The van der Waals surface area contributed by atoms with Gasteiger partial charge in [0.05, 0.1) is 6.73 Å². The van der Waals surface area contributed by atoms with Crippen LogP contribution in [0.4, 0.5) is 4.39 Å². The van der Waals surface area contributed by atoms with E-state index in [1.165, 1.54) is 6.07 Å². The maximum atomic E-state index is 12.9. The molecule has 0 bridgehead atoms. The van der Waals surface area contributed by atoms with Gasteiger partial charge in [0, 0.05) is 13.7 Å². The second-order valence-electron chi connectivity index (χ2n) is 3.27. The van der Waals surface area contributed by atoms with Crippen molar-refractivity contribution in [2.24, 2.45) is 0 Å². The van der Waals surface area contributed by atoms with Crippen LogP contribution in [-0.4, -0.2) is 20.4 Å². The third-order valence-corrected chi connectivity index (χ3v) is 2.06. The number of methoxy groups -OCH3 is 1. The maximum absolute atomic E-state index is 12.9. The van der Waals surface area contributed by atoms with Gasteiger partial charge in [0.2, 0.25) is 0 Å². The molecular weight excluding hydrogens is 181 g/mol. The van der Waals surface area contributed by atoms with Crippen molar-refractivity contribution in [1.29, 1.82) is 0 Å². The maximum Gasteiger partial charge on any atom is 0.126 e. The fraction of sp³-hybridized carbons (Fsp3) is 0.455. The first kappa shape index (κ1) is 11.1. The molecule has 0 amide bonds. The minimum Gasteiger partial charge on any atom is -0.370 e. The molecule has 1 N–H and O–H groups in total. The monoisotopic (exact) mass is 197 g/mol. The molecule has 0 unspecified atom stereocenters. The smallest absolute Gasteiger partial charge is 0.126 e. The van der Waals surface area contributed by atoms with E-state index in [0.29, 0.717) is 12.3 Å². The lowest BCUT2D eigenvalue weighted by atomic mass is 10.1. The van der Waals surface area contributed by atoms with Crippen LogP contribution in [0.3, 0.4) is 0 Å². The number of ether oxygens (including phenoxy) is 1. The summed E-state index contributed by atoms with van der Waals surface area (Å²) in [7, 11) is 1.65. The molecule has 0 radical (unpaired) electrons. The fourth-order valence-corrected chi connectivity index (χ4v) is 1.27. The molecule has 78 valence electrons. The Bertz CT molecular complexity index is 289. The Morgan fingerprint density at radius 1 is 1.43 bits per heavy atom. The number of nitrogens with one attached hydrogen (secondary N) is 1. The molecule has 0 fully saturated rings. The van der Waals surface area contributed by atoms with Gasteiger partial charge in [-0.05, 0) is 30.5 Å². The van der Waals surface area contributed by atoms with Gasteiger partial charge in [-0.3, -0.25) is 5.32 Å². The highest BCUT2D eigenvalue weighted by Gasteiger charge is 1.98. The molecule has 1 aromatic rings. The van der Waals surface area contributed by atoms with Crippen molar-refractivity contribution in [1.82, 2.24) is 5.32 Å². The van der Waals surface area contributed by atoms with E-state index in [0.717, 1.165) is 18.5 Å². The molecule has 0 spiro atoms. The molecule has 0 heterocycles. The van der Waals surface area contributed by atoms with E-state index in [4.69, 9.17) is 4.74 Å². The molecule has 3 heteroatoms. The molecule has 14 heavy (non-hydrogen) atoms. The van der Waals surface area contributed by atoms with E-state index in [9.17, 15) is 4.39 Å². The highest BCUT2D eigenvalue weighted by atomic mass is 19.1. The Balaban J connectivity index is 2.39. The van der Waals surface area contributed by atoms with Crippen LogP contribution < -0.4 is 5.32 Å². The summed E-state index contributed by atoms with van der Waals surface area (Å²) in [6.07, 6.45) is 0.893. The second-order valence-corrected chi connectivity index (χ2v) is 3.27. The predicted molar refractivity (Wildman–Crippen MR) is 54.7 cm³/mol. The number of hydrogen-bond acceptors (Lipinski definition) is 2. The zero-order valence-electron chi connectivity index (χ0n) is 8.64. The van der Waals surface area contributed by atoms with E-state index < -0.39 is 0 Å². The first-order valence-electron chi connectivity index (χ1n) is 4.68. The van der Waals surface area contributed by atoms with Crippen LogP contribution in [0, 0.1) is 12.7 Å². The zero-order chi connectivity index (χ0) is 10.4. The summed E-state index contributed by atoms with van der Waals surface area (Å²) in [4.78, 5) is 0. The van der Waals surface area contributed by atoms with Gasteiger partial charge in [-0.15, -0.1) is 0 Å². The Kier molecular flexibility index (Phi) is 4.56. The van der Waals surface area contributed by atoms with Crippen molar-refractivity contribution >= 4 is 0 Å². The summed E-state index contributed by atoms with van der Waals surface area (Å²) < 4.78 is 17.8. The largest absolute Gasteiger partial charge is 0.370 e. The van der Waals surface area contributed by atoms with E-state index in [-0.39, 0.29) is 5.82 Å². The Labute approximate surface area is 84.1 Å². The van der Waals surface area contributed by atoms with Crippen molar-refractivity contribution < 1.29 is 9.13 Å². The van der Waals surface area contributed by atoms with Gasteiger partial charge in [0.1, 0.15) is 5.82 Å². The summed E-state index contributed by atoms with van der Waals surface area (Å²) in [5.74, 6) is -0.140. The average Bonchev–Trinajstić information content (AvgIpc) is 2.18. The highest BCUT2D eigenvalue weighted by Crippen LogP contribution is 2.09. The summed E-state index contributed by atoms with van der Waals surface area (Å²) >= 11 is 0. The summed E-state index contributed by atoms with van der Waals surface area (Å²) in [6, 6.07) is 5.21. The van der Waals surface area contributed by atoms with Crippen LogP contribution in [0.5, 0.6) is 0 Å². The molecule has 0 aliphatic carbocycles. The molecule has 0 saturated carbocycles. The standard InChI is InChI=1S/C11H16FNO/c1-9-7-10(3-4-11(9)12)5-6-13-8-14-2/h3-4,7,13H,5-6,8H2,1-2H3. The van der Waals surface area contributed by atoms with Gasteiger partial charge in [0.25, 0.3) is 0 Å². The number of hydrogen-bond donors (Lipinski definition) is 1. The molecular formula is C11H16FNO. The summed E-state index contributed by atoms with van der Waals surface area (Å²) in [5.41, 5.74) is 1.85. The van der Waals surface area contributed by atoms with Crippen LogP contribution in [-0.2, 0) is 11.2 Å². The molecule has 2 nitrogen and oxygen atoms in total. The average molecular weight is 197 g/mol. The third-order valence-electron chi connectivity index (χ3n) is 2.06. The Hall–Kier alpha value is -0.930. The van der Waals surface area contributed by atoms with E-state index in [2.05, 4.69) is 5.32 Å². The van der Waals surface area contributed by atoms with Gasteiger partial charge in [-0.2, -0.15) is 0 Å². The lowest BCUT2D eigenvalue weighted by Gasteiger charge is -2.04. The highest BCUT2D eigenvalue weighted by molar-refractivity contribution is 5.24. The third kappa shape index (κ3) is 3.44. The molecule has 1 aromatic carbocycles. The second kappa shape index (κ2) is 5.73. The van der Waals surface area contributed by atoms with Gasteiger partial charge in [-0.1, -0.05) is 12.1 Å². The zero-order valence-corrected chi connectivity index (χ0v) is 8.64. The van der Waals surface area contributed by atoms with Gasteiger partial charge in [0.15, 0.2) is 0 Å². The number of aryl methyl sites for hydroxylation is 1. The Morgan fingerprint density at radius 3 is 2.86 bits per heavy atom. The first-order valence-corrected chi connectivity index (χ1v) is 4.68. The van der Waals surface area contributed by atoms with E-state index in [1.807, 2.05) is 12.1 Å². The van der Waals surface area contributed by atoms with Gasteiger partial charge in [-0.25, -0.2) is 4.39 Å². The van der Waals surface area contributed by atoms with Crippen molar-refractivity contribution in [2.75, 3.05) is 20.4 Å². The van der Waals surface area contributed by atoms with Crippen LogP contribution in [0.2, 0.25) is 0 Å². The molecule has 0 saturated heterocycles. The minimum atomic E-state index is -0.140. The summed E-state index contributed by atoms with van der Waals surface area (Å²) in [6.45, 7) is 3.18. The lowest BCUT2D eigenvalue weighted by molar-refractivity contribution is 0.176. The quantitative estimate of drug-likeness (QED) is 0.574. The molecule has 0 aliphatic rings. The van der Waals surface area contributed by atoms with Crippen molar-refractivity contribution in [3.8, 4) is 0 Å². The van der Waals surface area contributed by atoms with E-state index >= 15 is 0 Å². The minimum absolute atomic E-state index is 0.140. The van der Waals surface area contributed by atoms with Crippen LogP contribution >= 0.6 is 0 Å². The normalized spacial score (nSPS) is 10.5. The Morgan fingerprint density at radius 2 is 2.21 bits per heavy atom. The molecule has 1 rings (SSSR count). The molecule has 0 atom stereocenters. The molecule has 0 aliphatic heterocycles. The van der Waals surface area contributed by atoms with Crippen LogP contribution in [0.25, 0.3) is 0 Å². The SMILES string of the molecule is COCNCCc1ccc(F)c(C)c1. The first-order chi connectivity index (χ1) is 6.74. The van der Waals surface area contributed by atoms with Crippen molar-refractivity contribution in [2.45, 2.75) is 13.3 Å². The topological polar surface area (TPSA) is 21.3 Å². The van der Waals surface area contributed by atoms with Crippen molar-refractivity contribution in [3.63, 3.8) is 0 Å². The number of benzene rings is 1. The van der Waals surface area contributed by atoms with E-state index in [1.54, 1.807) is 14.0 Å². The number of rotatable bonds is 5. The lowest BCUT2D eigenvalue weighted by Crippen LogP contribution is -2.19. The van der Waals surface area contributed by atoms with Gasteiger partial charge >= 0.3 is 0 Å². The van der Waals surface area contributed by atoms with Crippen LogP contribution in [0.15, 0.2) is 18.2 Å². The fourth-order valence-electron chi connectivity index (χ4n) is 1.27. The summed E-state index contributed by atoms with van der Waals surface area (Å²) in [5, 5.41) is 3.10.